The van der Waals surface area contributed by atoms with Crippen molar-refractivity contribution in [3.63, 3.8) is 0 Å². The number of H-pyrrole nitrogens is 1. The van der Waals surface area contributed by atoms with Crippen LogP contribution in [0.5, 0.6) is 0 Å². The lowest BCUT2D eigenvalue weighted by Gasteiger charge is -2.03. The minimum absolute atomic E-state index is 0. The van der Waals surface area contributed by atoms with Crippen LogP contribution in [0.25, 0.3) is 20.8 Å². The third-order valence-corrected chi connectivity index (χ3v) is 4.20. The maximum Gasteiger partial charge on any atom is 0.221 e. The summed E-state index contributed by atoms with van der Waals surface area (Å²) in [5, 5.41) is 0.992. The average molecular weight is 292 g/mol. The number of nitrogens with two attached hydrogens (primary N) is 1. The lowest BCUT2D eigenvalue weighted by molar-refractivity contribution is -0.330. The predicted octanol–water partition coefficient (Wildman–Crippen LogP) is -0.755. The molecule has 0 spiro atoms. The normalized spacial score (nSPS) is 11.8. The molecule has 3 N–H and O–H groups in total. The second kappa shape index (κ2) is 5.15. The van der Waals surface area contributed by atoms with Gasteiger partial charge >= 0.3 is 0 Å². The highest BCUT2D eigenvalue weighted by Gasteiger charge is 2.13. The van der Waals surface area contributed by atoms with Gasteiger partial charge in [-0.05, 0) is 30.7 Å². The number of nitrogens with zero attached hydrogens (tertiary/aromatic N) is 1. The molecule has 1 aromatic carbocycles. The lowest BCUT2D eigenvalue weighted by Crippen LogP contribution is -3.00. The van der Waals surface area contributed by atoms with Gasteiger partial charge in [0, 0.05) is 24.9 Å². The molecule has 0 saturated carbocycles. The Hall–Kier alpha value is -1.65. The number of aromatic nitrogens is 1. The Balaban J connectivity index is 0.00000133. The number of aromatic amines is 1. The first-order valence-electron chi connectivity index (χ1n) is 5.76. The van der Waals surface area contributed by atoms with Gasteiger partial charge in [-0.15, -0.1) is 11.3 Å². The standard InChI is InChI=1S/C14H13N3S.ClH/c1-8-5-12-14(7-10(8)15)18-13-6-9(16-2)3-4-11(13)17-12;/h3-7H,15H2,1-2H3;1H. The van der Waals surface area contributed by atoms with Crippen LogP contribution in [0.15, 0.2) is 35.3 Å². The smallest absolute Gasteiger partial charge is 0.221 e. The highest BCUT2D eigenvalue weighted by molar-refractivity contribution is 7.21. The van der Waals surface area contributed by atoms with E-state index >= 15 is 0 Å². The van der Waals surface area contributed by atoms with E-state index in [0.29, 0.717) is 0 Å². The molecule has 0 atom stereocenters. The van der Waals surface area contributed by atoms with E-state index < -0.39 is 0 Å². The molecule has 0 bridgehead atoms. The Morgan fingerprint density at radius 1 is 1.21 bits per heavy atom. The molecule has 1 aliphatic heterocycles. The zero-order valence-electron chi connectivity index (χ0n) is 10.7. The summed E-state index contributed by atoms with van der Waals surface area (Å²) in [7, 11) is 1.80. The molecule has 3 nitrogen and oxygen atoms in total. The first kappa shape index (κ1) is 13.8. The summed E-state index contributed by atoms with van der Waals surface area (Å²) in [6.45, 7) is 2.02. The molecule has 98 valence electrons. The molecule has 0 radical (unpaired) electrons. The zero-order chi connectivity index (χ0) is 12.7. The molecule has 1 aromatic rings. The average Bonchev–Trinajstić information content (AvgIpc) is 2.37. The van der Waals surface area contributed by atoms with Gasteiger partial charge in [0.2, 0.25) is 11.2 Å². The van der Waals surface area contributed by atoms with Gasteiger partial charge < -0.3 is 18.1 Å². The van der Waals surface area contributed by atoms with E-state index in [1.807, 2.05) is 19.1 Å². The lowest BCUT2D eigenvalue weighted by atomic mass is 10.2. The molecule has 19 heavy (non-hydrogen) atoms. The molecule has 0 unspecified atom stereocenters. The van der Waals surface area contributed by atoms with Gasteiger partial charge in [0.25, 0.3) is 0 Å². The van der Waals surface area contributed by atoms with Gasteiger partial charge in [-0.3, -0.25) is 4.99 Å². The van der Waals surface area contributed by atoms with Crippen molar-refractivity contribution in [2.45, 2.75) is 6.92 Å². The van der Waals surface area contributed by atoms with E-state index in [-0.39, 0.29) is 12.4 Å². The minimum Gasteiger partial charge on any atom is -1.00 e. The molecule has 3 rings (SSSR count). The van der Waals surface area contributed by atoms with Crippen molar-refractivity contribution in [1.82, 2.24) is 0 Å². The summed E-state index contributed by atoms with van der Waals surface area (Å²) in [5.41, 5.74) is 10.2. The van der Waals surface area contributed by atoms with Crippen LogP contribution >= 0.6 is 11.3 Å². The van der Waals surface area contributed by atoms with Crippen molar-refractivity contribution in [2.75, 3.05) is 12.8 Å². The Kier molecular flexibility index (Phi) is 3.73. The fraction of sp³-hybridized carbons (Fsp3) is 0.143. The van der Waals surface area contributed by atoms with Crippen molar-refractivity contribution < 1.29 is 17.4 Å². The number of hydrogen-bond donors (Lipinski definition) is 1. The van der Waals surface area contributed by atoms with Crippen LogP contribution in [0.4, 0.5) is 5.69 Å². The molecule has 2 aliphatic rings. The Bertz CT molecular complexity index is 779. The van der Waals surface area contributed by atoms with E-state index in [1.165, 1.54) is 9.58 Å². The largest absolute Gasteiger partial charge is 1.00 e. The molecular formula is C14H14ClN3S. The van der Waals surface area contributed by atoms with E-state index in [2.05, 4.69) is 28.2 Å². The summed E-state index contributed by atoms with van der Waals surface area (Å²) in [5.74, 6) is 0. The predicted molar refractivity (Wildman–Crippen MR) is 75.6 cm³/mol. The minimum atomic E-state index is 0. The van der Waals surface area contributed by atoms with E-state index in [0.717, 1.165) is 27.8 Å². The molecule has 1 heterocycles. The highest BCUT2D eigenvalue weighted by atomic mass is 35.5. The number of halogens is 1. The maximum absolute atomic E-state index is 5.96. The summed E-state index contributed by atoms with van der Waals surface area (Å²) in [6.07, 6.45) is 0. The van der Waals surface area contributed by atoms with Gasteiger partial charge in [-0.2, -0.15) is 0 Å². The summed E-state index contributed by atoms with van der Waals surface area (Å²) in [4.78, 5) is 8.83. The molecule has 0 saturated heterocycles. The Morgan fingerprint density at radius 2 is 2.00 bits per heavy atom. The van der Waals surface area contributed by atoms with Crippen LogP contribution in [-0.4, -0.2) is 7.05 Å². The topological polar surface area (TPSA) is 52.5 Å². The van der Waals surface area contributed by atoms with Crippen molar-refractivity contribution in [2.24, 2.45) is 4.99 Å². The zero-order valence-corrected chi connectivity index (χ0v) is 12.3. The van der Waals surface area contributed by atoms with Crippen LogP contribution in [-0.2, 0) is 0 Å². The number of rotatable bonds is 0. The summed E-state index contributed by atoms with van der Waals surface area (Å²) < 4.78 is 1.17. The van der Waals surface area contributed by atoms with Gasteiger partial charge in [0.05, 0.1) is 5.36 Å². The third-order valence-electron chi connectivity index (χ3n) is 3.08. The van der Waals surface area contributed by atoms with Crippen molar-refractivity contribution in [3.05, 3.63) is 41.3 Å². The van der Waals surface area contributed by atoms with Crippen LogP contribution < -0.4 is 28.5 Å². The third kappa shape index (κ3) is 2.41. The van der Waals surface area contributed by atoms with E-state index in [4.69, 9.17) is 5.73 Å². The van der Waals surface area contributed by atoms with E-state index in [9.17, 15) is 0 Å². The van der Waals surface area contributed by atoms with Gasteiger partial charge in [0.15, 0.2) is 0 Å². The molecule has 1 aliphatic carbocycles. The van der Waals surface area contributed by atoms with Gasteiger partial charge in [-0.1, -0.05) is 0 Å². The summed E-state index contributed by atoms with van der Waals surface area (Å²) >= 11 is 1.73. The maximum atomic E-state index is 5.96. The fourth-order valence-corrected chi connectivity index (χ4v) is 3.04. The van der Waals surface area contributed by atoms with E-state index in [1.54, 1.807) is 18.4 Å². The molecule has 0 amide bonds. The Labute approximate surface area is 121 Å². The van der Waals surface area contributed by atoms with Crippen LogP contribution in [0.3, 0.4) is 0 Å². The second-order valence-electron chi connectivity index (χ2n) is 4.34. The first-order valence-corrected chi connectivity index (χ1v) is 6.58. The van der Waals surface area contributed by atoms with Gasteiger partial charge in [0.1, 0.15) is 9.58 Å². The van der Waals surface area contributed by atoms with Crippen LogP contribution in [0, 0.1) is 6.92 Å². The summed E-state index contributed by atoms with van der Waals surface area (Å²) in [6, 6.07) is 10.3. The number of nitrogens with one attached hydrogen (secondary N) is 1. The number of benzene rings is 2. The fourth-order valence-electron chi connectivity index (χ4n) is 1.99. The monoisotopic (exact) mass is 291 g/mol. The van der Waals surface area contributed by atoms with Crippen molar-refractivity contribution in [3.8, 4) is 10.6 Å². The molecule has 5 heteroatoms. The second-order valence-corrected chi connectivity index (χ2v) is 5.42. The number of hydrogen-bond acceptors (Lipinski definition) is 3. The Morgan fingerprint density at radius 3 is 2.74 bits per heavy atom. The number of anilines is 1. The quantitative estimate of drug-likeness (QED) is 0.430. The molecular weight excluding hydrogens is 278 g/mol. The SMILES string of the molecule is CN=c1ccc2[nH+]c3cc(C)c(N)cc3sc-2c1.[Cl-]. The van der Waals surface area contributed by atoms with Crippen LogP contribution in [0.2, 0.25) is 0 Å². The number of aryl methyl sites for hydroxylation is 1. The molecule has 0 aromatic heterocycles. The molecule has 0 fully saturated rings. The van der Waals surface area contributed by atoms with Crippen LogP contribution in [0.1, 0.15) is 5.56 Å². The number of fused-ring (bicyclic) bond motifs is 2. The number of nitrogen functional groups attached to an aromatic ring is 1. The highest BCUT2D eigenvalue weighted by Crippen LogP contribution is 2.29. The first-order chi connectivity index (χ1) is 8.67. The van der Waals surface area contributed by atoms with Gasteiger partial charge in [-0.25, -0.2) is 4.98 Å². The van der Waals surface area contributed by atoms with Crippen molar-refractivity contribution in [1.29, 1.82) is 0 Å². The van der Waals surface area contributed by atoms with Crippen molar-refractivity contribution >= 4 is 27.2 Å².